The van der Waals surface area contributed by atoms with Crippen LogP contribution in [0.1, 0.15) is 87.6 Å². The van der Waals surface area contributed by atoms with Gasteiger partial charge < -0.3 is 29.9 Å². The number of alkyl carbamates (subject to hydrolysis) is 2. The number of nitrogens with one attached hydrogen (secondary N) is 2. The van der Waals surface area contributed by atoms with Crippen molar-refractivity contribution in [3.8, 4) is 0 Å². The zero-order valence-corrected chi connectivity index (χ0v) is 31.5. The number of rotatable bonds is 12. The van der Waals surface area contributed by atoms with Crippen LogP contribution in [-0.4, -0.2) is 132 Å². The first-order valence-corrected chi connectivity index (χ1v) is 17.7. The maximum Gasteiger partial charge on any atom is 0.407 e. The Kier molecular flexibility index (Phi) is 17.8. The van der Waals surface area contributed by atoms with Gasteiger partial charge in [-0.05, 0) is 102 Å². The Morgan fingerprint density at radius 1 is 0.686 bits per heavy atom. The Hall–Kier alpha value is -3.30. The summed E-state index contributed by atoms with van der Waals surface area (Å²) in [4.78, 5) is 48.1. The van der Waals surface area contributed by atoms with E-state index in [1.54, 1.807) is 30.9 Å². The van der Waals surface area contributed by atoms with E-state index < -0.39 is 36.4 Å². The van der Waals surface area contributed by atoms with E-state index >= 15 is 0 Å². The van der Waals surface area contributed by atoms with Crippen LogP contribution in [0.5, 0.6) is 0 Å². The molecule has 2 fully saturated rings. The molecule has 4 heterocycles. The smallest absolute Gasteiger partial charge is 0.407 e. The monoisotopic (exact) mass is 784 g/mol. The molecule has 0 atom stereocenters. The van der Waals surface area contributed by atoms with Gasteiger partial charge in [-0.3, -0.25) is 9.80 Å². The zero-order valence-electron chi connectivity index (χ0n) is 33.9. The Balaban J connectivity index is 0.000000531. The largest absolute Gasteiger partial charge is 0.444 e. The van der Waals surface area contributed by atoms with Gasteiger partial charge in [-0.1, -0.05) is 14.9 Å². The van der Waals surface area contributed by atoms with Crippen LogP contribution in [0.2, 0.25) is 0 Å². The topological polar surface area (TPSA) is 141 Å². The molecule has 0 unspecified atom stereocenters. The highest BCUT2D eigenvalue weighted by atomic mass is 79.9. The molecule has 0 saturated carbocycles. The summed E-state index contributed by atoms with van der Waals surface area (Å²) in [5.41, 5.74) is -1.06. The first kappa shape index (κ1) is 38.9. The number of aromatic nitrogens is 4. The predicted octanol–water partition coefficient (Wildman–Crippen LogP) is 5.84. The number of hydrogen-bond donors (Lipinski definition) is 2. The first-order valence-electron chi connectivity index (χ1n) is 18.9. The third-order valence-electron chi connectivity index (χ3n) is 7.00. The molecule has 2 saturated heterocycles. The van der Waals surface area contributed by atoms with Crippen LogP contribution in [0.3, 0.4) is 0 Å². The van der Waals surface area contributed by atoms with Crippen LogP contribution in [-0.2, 0) is 9.47 Å². The molecule has 2 N–H and O–H groups in total. The second-order valence-electron chi connectivity index (χ2n) is 13.6. The van der Waals surface area contributed by atoms with Gasteiger partial charge in [-0.15, -0.1) is 0 Å². The molecule has 0 spiro atoms. The van der Waals surface area contributed by atoms with E-state index in [0.717, 1.165) is 4.47 Å². The molecule has 51 heavy (non-hydrogen) atoms. The van der Waals surface area contributed by atoms with Crippen molar-refractivity contribution in [3.05, 3.63) is 35.3 Å². The predicted molar refractivity (Wildman–Crippen MR) is 209 cm³/mol. The van der Waals surface area contributed by atoms with E-state index in [2.05, 4.69) is 56.3 Å². The molecular formula is C36H65BrN10O4. The normalized spacial score (nSPS) is 17.1. The summed E-state index contributed by atoms with van der Waals surface area (Å²) in [6.45, 7) is 14.0. The Morgan fingerprint density at radius 2 is 1.06 bits per heavy atom. The van der Waals surface area contributed by atoms with Crippen LogP contribution >= 0.6 is 15.9 Å². The maximum atomic E-state index is 11.6. The van der Waals surface area contributed by atoms with E-state index in [1.807, 2.05) is 51.3 Å². The fraction of sp³-hybridized carbons (Fsp3) is 0.722. The molecule has 290 valence electrons. The van der Waals surface area contributed by atoms with Crippen molar-refractivity contribution in [3.63, 3.8) is 0 Å². The number of hydrogen-bond acceptors (Lipinski definition) is 12. The minimum absolute atomic E-state index is 0. The molecule has 15 heteroatoms. The van der Waals surface area contributed by atoms with Gasteiger partial charge in [0.15, 0.2) is 0 Å². The van der Waals surface area contributed by atoms with Crippen LogP contribution in [0.4, 0.5) is 21.5 Å². The molecule has 2 amide bonds. The quantitative estimate of drug-likeness (QED) is 0.250. The fourth-order valence-electron chi connectivity index (χ4n) is 4.71. The minimum Gasteiger partial charge on any atom is -0.444 e. The summed E-state index contributed by atoms with van der Waals surface area (Å²) < 4.78 is 44.5. The molecule has 2 aliphatic rings. The van der Waals surface area contributed by atoms with Gasteiger partial charge >= 0.3 is 12.2 Å². The lowest BCUT2D eigenvalue weighted by molar-refractivity contribution is 0.0515. The lowest BCUT2D eigenvalue weighted by atomic mass is 10.2. The number of anilines is 2. The van der Waals surface area contributed by atoms with Gasteiger partial charge in [-0.25, -0.2) is 29.5 Å². The highest BCUT2D eigenvalue weighted by molar-refractivity contribution is 9.10. The van der Waals surface area contributed by atoms with E-state index in [4.69, 9.17) is 15.0 Å². The zero-order chi connectivity index (χ0) is 39.3. The molecule has 14 nitrogen and oxygen atoms in total. The van der Waals surface area contributed by atoms with Crippen molar-refractivity contribution in [2.45, 2.75) is 93.3 Å². The van der Waals surface area contributed by atoms with Crippen molar-refractivity contribution in [2.24, 2.45) is 0 Å². The molecule has 0 bridgehead atoms. The molecule has 4 rings (SSSR count). The third-order valence-corrected chi connectivity index (χ3v) is 7.41. The molecular weight excluding hydrogens is 716 g/mol. The molecule has 0 radical (unpaired) electrons. The number of nitrogens with zero attached hydrogens (tertiary/aromatic N) is 8. The first-order chi connectivity index (χ1) is 24.7. The Bertz CT molecular complexity index is 1400. The van der Waals surface area contributed by atoms with Crippen molar-refractivity contribution < 1.29 is 24.5 Å². The SMILES string of the molecule is C.C.[2H]C([2H])(CCCNC(=O)OC(C)(C)C)N1CCN(c2ncc(Br)cn2)CC1.[2H]C([2H])(CCCNC(=O)OC(C)(C)C)N1CCN(c2ncccn2)CC1. The maximum absolute atomic E-state index is 11.6. The molecule has 0 aromatic carbocycles. The Labute approximate surface area is 321 Å². The number of piperazine rings is 2. The van der Waals surface area contributed by atoms with E-state index in [1.165, 1.54) is 0 Å². The standard InChI is InChI=1S/C17H28BrN5O2.C17H29N5O2.2CH4/c1-17(2,3)25-16(24)19-6-4-5-7-22-8-10-23(11-9-22)15-20-12-14(18)13-21-15;1-17(2,3)24-16(23)20-7-4-5-10-21-11-13-22(14-12-21)15-18-8-6-9-19-15;;/h12-13H,4-11H2,1-3H3,(H,19,24);6,8-9H,4-5,7,10-14H2,1-3H3,(H,20,23);2*1H4/i7D2;10D2;;. The van der Waals surface area contributed by atoms with Crippen molar-refractivity contribution >= 4 is 40.0 Å². The van der Waals surface area contributed by atoms with E-state index in [9.17, 15) is 9.59 Å². The van der Waals surface area contributed by atoms with Crippen LogP contribution in [0, 0.1) is 0 Å². The summed E-state index contributed by atoms with van der Waals surface area (Å²) in [6.07, 6.45) is 7.72. The van der Waals surface area contributed by atoms with Crippen LogP contribution in [0.25, 0.3) is 0 Å². The van der Waals surface area contributed by atoms with Crippen molar-refractivity contribution in [2.75, 3.05) is 88.2 Å². The second kappa shape index (κ2) is 23.3. The van der Waals surface area contributed by atoms with Crippen molar-refractivity contribution in [1.29, 1.82) is 0 Å². The molecule has 2 aliphatic heterocycles. The van der Waals surface area contributed by atoms with Gasteiger partial charge in [0.2, 0.25) is 11.9 Å². The summed E-state index contributed by atoms with van der Waals surface area (Å²) in [5, 5.41) is 5.35. The highest BCUT2D eigenvalue weighted by Gasteiger charge is 2.20. The Morgan fingerprint density at radius 3 is 1.43 bits per heavy atom. The number of halogens is 1. The summed E-state index contributed by atoms with van der Waals surface area (Å²) in [7, 11) is 0. The number of carbonyl (C=O) groups excluding carboxylic acids is 2. The van der Waals surface area contributed by atoms with E-state index in [-0.39, 0.29) is 14.9 Å². The number of amides is 2. The molecule has 0 aliphatic carbocycles. The summed E-state index contributed by atoms with van der Waals surface area (Å²) >= 11 is 3.32. The van der Waals surface area contributed by atoms with Crippen molar-refractivity contribution in [1.82, 2.24) is 40.4 Å². The third kappa shape index (κ3) is 19.8. The lowest BCUT2D eigenvalue weighted by Crippen LogP contribution is -2.47. The van der Waals surface area contributed by atoms with Gasteiger partial charge in [0.1, 0.15) is 11.2 Å². The van der Waals surface area contributed by atoms with E-state index in [0.29, 0.717) is 103 Å². The van der Waals surface area contributed by atoms with Crippen LogP contribution in [0.15, 0.2) is 35.3 Å². The minimum atomic E-state index is -1.41. The fourth-order valence-corrected chi connectivity index (χ4v) is 4.92. The van der Waals surface area contributed by atoms with Crippen LogP contribution < -0.4 is 20.4 Å². The van der Waals surface area contributed by atoms with Gasteiger partial charge in [-0.2, -0.15) is 0 Å². The summed E-state index contributed by atoms with van der Waals surface area (Å²) in [5.74, 6) is 1.36. The molecule has 2 aromatic heterocycles. The van der Waals surface area contributed by atoms with Gasteiger partial charge in [0.05, 0.1) is 4.47 Å². The number of ether oxygens (including phenoxy) is 2. The molecule has 2 aromatic rings. The average Bonchev–Trinajstić information content (AvgIpc) is 3.08. The second-order valence-corrected chi connectivity index (χ2v) is 14.5. The number of carbonyl (C=O) groups is 2. The average molecular weight is 786 g/mol. The van der Waals surface area contributed by atoms with Gasteiger partial charge in [0.25, 0.3) is 0 Å². The van der Waals surface area contributed by atoms with Gasteiger partial charge in [0, 0.05) is 95.7 Å². The highest BCUT2D eigenvalue weighted by Crippen LogP contribution is 2.14. The lowest BCUT2D eigenvalue weighted by Gasteiger charge is -2.34. The summed E-state index contributed by atoms with van der Waals surface area (Å²) in [6, 6.07) is 1.78.